The largest absolute Gasteiger partial charge is 0.485 e. The minimum absolute atomic E-state index is 0. The highest BCUT2D eigenvalue weighted by molar-refractivity contribution is 5.91. The maximum atomic E-state index is 12.4. The standard InChI is InChI=1S/C19H24N2O3.ClH/c1-13-3-5-17(14(2)9-13)23-12-16-4-6-18(24-16)19(22)21-8-7-15(10-20)11-21;/h3-6,9,15H,7-8,10-12,20H2,1-2H3;1H. The fourth-order valence-corrected chi connectivity index (χ4v) is 3.05. The zero-order valence-corrected chi connectivity index (χ0v) is 15.5. The Labute approximate surface area is 154 Å². The third-order valence-corrected chi connectivity index (χ3v) is 4.48. The molecule has 1 saturated heterocycles. The second-order valence-corrected chi connectivity index (χ2v) is 6.47. The molecule has 3 rings (SSSR count). The van der Waals surface area contributed by atoms with Crippen LogP contribution in [0.5, 0.6) is 5.75 Å². The molecule has 2 N–H and O–H groups in total. The Kier molecular flexibility index (Phi) is 6.51. The van der Waals surface area contributed by atoms with Crippen LogP contribution in [0.15, 0.2) is 34.7 Å². The molecule has 0 bridgehead atoms. The summed E-state index contributed by atoms with van der Waals surface area (Å²) in [7, 11) is 0. The summed E-state index contributed by atoms with van der Waals surface area (Å²) >= 11 is 0. The van der Waals surface area contributed by atoms with Crippen LogP contribution in [-0.4, -0.2) is 30.4 Å². The van der Waals surface area contributed by atoms with Gasteiger partial charge in [-0.1, -0.05) is 17.7 Å². The number of hydrogen-bond acceptors (Lipinski definition) is 4. The van der Waals surface area contributed by atoms with Crippen LogP contribution in [-0.2, 0) is 6.61 Å². The summed E-state index contributed by atoms with van der Waals surface area (Å²) in [5.74, 6) is 2.18. The molecule has 1 fully saturated rings. The number of aryl methyl sites for hydroxylation is 2. The van der Waals surface area contributed by atoms with Gasteiger partial charge in [0.1, 0.15) is 18.1 Å². The maximum absolute atomic E-state index is 12.4. The minimum atomic E-state index is -0.0660. The maximum Gasteiger partial charge on any atom is 0.289 e. The lowest BCUT2D eigenvalue weighted by atomic mass is 10.1. The second-order valence-electron chi connectivity index (χ2n) is 6.47. The van der Waals surface area contributed by atoms with Gasteiger partial charge < -0.3 is 19.8 Å². The van der Waals surface area contributed by atoms with Crippen LogP contribution in [0.1, 0.15) is 33.9 Å². The van der Waals surface area contributed by atoms with E-state index in [9.17, 15) is 4.79 Å². The van der Waals surface area contributed by atoms with Crippen LogP contribution in [0, 0.1) is 19.8 Å². The molecule has 0 radical (unpaired) electrons. The first-order valence-corrected chi connectivity index (χ1v) is 8.35. The summed E-state index contributed by atoms with van der Waals surface area (Å²) in [4.78, 5) is 14.2. The van der Waals surface area contributed by atoms with Crippen LogP contribution in [0.25, 0.3) is 0 Å². The molecular formula is C19H25ClN2O3. The SMILES string of the molecule is Cc1ccc(OCc2ccc(C(=O)N3CCC(CN)C3)o2)c(C)c1.Cl. The van der Waals surface area contributed by atoms with E-state index in [1.54, 1.807) is 12.1 Å². The topological polar surface area (TPSA) is 68.7 Å². The van der Waals surface area contributed by atoms with Gasteiger partial charge in [-0.05, 0) is 56.5 Å². The number of furan rings is 1. The number of nitrogens with two attached hydrogens (primary N) is 1. The van der Waals surface area contributed by atoms with E-state index in [-0.39, 0.29) is 18.3 Å². The summed E-state index contributed by atoms with van der Waals surface area (Å²) in [6.07, 6.45) is 0.964. The molecule has 25 heavy (non-hydrogen) atoms. The summed E-state index contributed by atoms with van der Waals surface area (Å²) in [6.45, 7) is 6.45. The first kappa shape index (κ1) is 19.3. The van der Waals surface area contributed by atoms with Crippen molar-refractivity contribution >= 4 is 18.3 Å². The molecule has 1 unspecified atom stereocenters. The van der Waals surface area contributed by atoms with Gasteiger partial charge in [0.2, 0.25) is 0 Å². The van der Waals surface area contributed by atoms with Crippen molar-refractivity contribution in [1.82, 2.24) is 4.90 Å². The first-order valence-electron chi connectivity index (χ1n) is 8.35. The number of hydrogen-bond donors (Lipinski definition) is 1. The molecule has 1 aromatic heterocycles. The number of benzene rings is 1. The normalized spacial score (nSPS) is 16.6. The average Bonchev–Trinajstić information content (AvgIpc) is 3.23. The fraction of sp³-hybridized carbons (Fsp3) is 0.421. The Morgan fingerprint density at radius 2 is 2.12 bits per heavy atom. The summed E-state index contributed by atoms with van der Waals surface area (Å²) < 4.78 is 11.5. The van der Waals surface area contributed by atoms with Crippen molar-refractivity contribution < 1.29 is 13.9 Å². The number of carbonyl (C=O) groups excluding carboxylic acids is 1. The molecule has 2 heterocycles. The van der Waals surface area contributed by atoms with E-state index >= 15 is 0 Å². The molecule has 1 atom stereocenters. The zero-order chi connectivity index (χ0) is 17.1. The molecule has 0 saturated carbocycles. The number of nitrogens with zero attached hydrogens (tertiary/aromatic N) is 1. The fourth-order valence-electron chi connectivity index (χ4n) is 3.05. The molecule has 1 aliphatic heterocycles. The van der Waals surface area contributed by atoms with E-state index in [2.05, 4.69) is 13.0 Å². The van der Waals surface area contributed by atoms with Crippen LogP contribution in [0.4, 0.5) is 0 Å². The Bertz CT molecular complexity index is 729. The summed E-state index contributed by atoms with van der Waals surface area (Å²) in [5, 5.41) is 0. The lowest BCUT2D eigenvalue weighted by Gasteiger charge is -2.14. The van der Waals surface area contributed by atoms with Gasteiger partial charge in [0.05, 0.1) is 0 Å². The van der Waals surface area contributed by atoms with Crippen LogP contribution < -0.4 is 10.5 Å². The predicted molar refractivity (Wildman–Crippen MR) is 99.3 cm³/mol. The molecule has 0 aliphatic carbocycles. The average molecular weight is 365 g/mol. The molecule has 6 heteroatoms. The number of likely N-dealkylation sites (tertiary alicyclic amines) is 1. The van der Waals surface area contributed by atoms with Crippen molar-refractivity contribution in [3.8, 4) is 5.75 Å². The Morgan fingerprint density at radius 3 is 2.80 bits per heavy atom. The quantitative estimate of drug-likeness (QED) is 0.883. The van der Waals surface area contributed by atoms with Crippen LogP contribution in [0.3, 0.4) is 0 Å². The van der Waals surface area contributed by atoms with E-state index in [1.807, 2.05) is 24.0 Å². The van der Waals surface area contributed by atoms with Crippen molar-refractivity contribution in [2.75, 3.05) is 19.6 Å². The molecule has 1 aliphatic rings. The first-order chi connectivity index (χ1) is 11.6. The van der Waals surface area contributed by atoms with Crippen molar-refractivity contribution in [2.45, 2.75) is 26.9 Å². The number of rotatable bonds is 5. The third kappa shape index (κ3) is 4.55. The Hall–Kier alpha value is -1.98. The monoisotopic (exact) mass is 364 g/mol. The van der Waals surface area contributed by atoms with Gasteiger partial charge in [-0.2, -0.15) is 0 Å². The molecule has 0 spiro atoms. The highest BCUT2D eigenvalue weighted by Gasteiger charge is 2.27. The van der Waals surface area contributed by atoms with E-state index in [4.69, 9.17) is 14.9 Å². The van der Waals surface area contributed by atoms with E-state index in [0.29, 0.717) is 37.1 Å². The second kappa shape index (κ2) is 8.41. The van der Waals surface area contributed by atoms with Gasteiger partial charge in [0.15, 0.2) is 5.76 Å². The lowest BCUT2D eigenvalue weighted by Crippen LogP contribution is -2.29. The van der Waals surface area contributed by atoms with Crippen molar-refractivity contribution in [3.63, 3.8) is 0 Å². The zero-order valence-electron chi connectivity index (χ0n) is 14.7. The number of carbonyl (C=O) groups is 1. The highest BCUT2D eigenvalue weighted by atomic mass is 35.5. The van der Waals surface area contributed by atoms with Gasteiger partial charge in [-0.15, -0.1) is 12.4 Å². The third-order valence-electron chi connectivity index (χ3n) is 4.48. The van der Waals surface area contributed by atoms with Gasteiger partial charge in [-0.3, -0.25) is 4.79 Å². The van der Waals surface area contributed by atoms with Gasteiger partial charge in [0.25, 0.3) is 5.91 Å². The molecular weight excluding hydrogens is 340 g/mol. The van der Waals surface area contributed by atoms with Gasteiger partial charge in [-0.25, -0.2) is 0 Å². The van der Waals surface area contributed by atoms with E-state index < -0.39 is 0 Å². The van der Waals surface area contributed by atoms with Gasteiger partial charge >= 0.3 is 0 Å². The van der Waals surface area contributed by atoms with Crippen molar-refractivity contribution in [2.24, 2.45) is 11.7 Å². The predicted octanol–water partition coefficient (Wildman–Crippen LogP) is 3.32. The van der Waals surface area contributed by atoms with Gasteiger partial charge in [0, 0.05) is 13.1 Å². The van der Waals surface area contributed by atoms with E-state index in [1.165, 1.54) is 5.56 Å². The molecule has 136 valence electrons. The lowest BCUT2D eigenvalue weighted by molar-refractivity contribution is 0.0752. The summed E-state index contributed by atoms with van der Waals surface area (Å²) in [5.41, 5.74) is 7.96. The Balaban J connectivity index is 0.00000225. The minimum Gasteiger partial charge on any atom is -0.485 e. The van der Waals surface area contributed by atoms with Crippen molar-refractivity contribution in [3.05, 3.63) is 53.0 Å². The smallest absolute Gasteiger partial charge is 0.289 e. The highest BCUT2D eigenvalue weighted by Crippen LogP contribution is 2.22. The van der Waals surface area contributed by atoms with E-state index in [0.717, 1.165) is 24.3 Å². The molecule has 2 aromatic rings. The Morgan fingerprint density at radius 1 is 1.32 bits per heavy atom. The molecule has 5 nitrogen and oxygen atoms in total. The number of amides is 1. The molecule has 1 aromatic carbocycles. The van der Waals surface area contributed by atoms with Crippen LogP contribution >= 0.6 is 12.4 Å². The number of halogens is 1. The number of ether oxygens (including phenoxy) is 1. The van der Waals surface area contributed by atoms with Crippen LogP contribution in [0.2, 0.25) is 0 Å². The summed E-state index contributed by atoms with van der Waals surface area (Å²) in [6, 6.07) is 9.57. The molecule has 1 amide bonds. The van der Waals surface area contributed by atoms with Crippen molar-refractivity contribution in [1.29, 1.82) is 0 Å².